The van der Waals surface area contributed by atoms with Gasteiger partial charge in [-0.1, -0.05) is 6.92 Å². The molecule has 1 fully saturated rings. The summed E-state index contributed by atoms with van der Waals surface area (Å²) in [5.74, 6) is 2.80. The van der Waals surface area contributed by atoms with E-state index in [0.29, 0.717) is 18.0 Å². The number of hydrogen-bond donors (Lipinski definition) is 1. The molecule has 0 amide bonds. The van der Waals surface area contributed by atoms with E-state index in [1.807, 2.05) is 6.92 Å². The summed E-state index contributed by atoms with van der Waals surface area (Å²) >= 11 is 0. The van der Waals surface area contributed by atoms with Crippen molar-refractivity contribution in [3.05, 3.63) is 23.2 Å². The molecule has 1 aromatic rings. The fourth-order valence-electron chi connectivity index (χ4n) is 3.22. The minimum absolute atomic E-state index is 0.461. The second-order valence-electron chi connectivity index (χ2n) is 5.70. The highest BCUT2D eigenvalue weighted by Gasteiger charge is 2.29. The SMILES string of the molecule is CNC1CCN(C(C)c2cc(C)oc2C)CC1C. The largest absolute Gasteiger partial charge is 0.466 e. The molecule has 1 N–H and O–H groups in total. The molecule has 0 radical (unpaired) electrons. The van der Waals surface area contributed by atoms with Gasteiger partial charge < -0.3 is 9.73 Å². The Hall–Kier alpha value is -0.800. The summed E-state index contributed by atoms with van der Waals surface area (Å²) < 4.78 is 5.66. The quantitative estimate of drug-likeness (QED) is 0.894. The van der Waals surface area contributed by atoms with Crippen LogP contribution in [0, 0.1) is 19.8 Å². The van der Waals surface area contributed by atoms with E-state index in [1.165, 1.54) is 18.5 Å². The van der Waals surface area contributed by atoms with Crippen LogP contribution in [0.15, 0.2) is 10.5 Å². The zero-order chi connectivity index (χ0) is 13.3. The van der Waals surface area contributed by atoms with Crippen molar-refractivity contribution in [2.75, 3.05) is 20.1 Å². The summed E-state index contributed by atoms with van der Waals surface area (Å²) in [4.78, 5) is 2.58. The van der Waals surface area contributed by atoms with Crippen LogP contribution in [0.3, 0.4) is 0 Å². The zero-order valence-corrected chi connectivity index (χ0v) is 12.3. The van der Waals surface area contributed by atoms with Crippen LogP contribution in [-0.2, 0) is 0 Å². The van der Waals surface area contributed by atoms with Gasteiger partial charge >= 0.3 is 0 Å². The van der Waals surface area contributed by atoms with Gasteiger partial charge in [0.25, 0.3) is 0 Å². The van der Waals surface area contributed by atoms with Gasteiger partial charge in [-0.2, -0.15) is 0 Å². The highest BCUT2D eigenvalue weighted by Crippen LogP contribution is 2.30. The number of aryl methyl sites for hydroxylation is 2. The lowest BCUT2D eigenvalue weighted by Crippen LogP contribution is -2.47. The maximum atomic E-state index is 5.66. The predicted molar refractivity (Wildman–Crippen MR) is 74.8 cm³/mol. The Morgan fingerprint density at radius 1 is 1.44 bits per heavy atom. The molecular weight excluding hydrogens is 224 g/mol. The van der Waals surface area contributed by atoms with Gasteiger partial charge in [0.05, 0.1) is 0 Å². The third-order valence-corrected chi connectivity index (χ3v) is 4.38. The van der Waals surface area contributed by atoms with Crippen LogP contribution in [0.2, 0.25) is 0 Å². The first-order chi connectivity index (χ1) is 8.52. The predicted octanol–water partition coefficient (Wildman–Crippen LogP) is 2.89. The average Bonchev–Trinajstić information content (AvgIpc) is 2.67. The van der Waals surface area contributed by atoms with E-state index in [4.69, 9.17) is 4.42 Å². The first-order valence-corrected chi connectivity index (χ1v) is 7.01. The summed E-state index contributed by atoms with van der Waals surface area (Å²) in [7, 11) is 2.07. The van der Waals surface area contributed by atoms with Gasteiger partial charge in [0.15, 0.2) is 0 Å². The van der Waals surface area contributed by atoms with E-state index in [-0.39, 0.29) is 0 Å². The minimum Gasteiger partial charge on any atom is -0.466 e. The molecule has 1 aliphatic heterocycles. The summed E-state index contributed by atoms with van der Waals surface area (Å²) in [6.07, 6.45) is 1.23. The molecule has 0 saturated carbocycles. The number of likely N-dealkylation sites (tertiary alicyclic amines) is 1. The van der Waals surface area contributed by atoms with Crippen molar-refractivity contribution in [3.63, 3.8) is 0 Å². The summed E-state index contributed by atoms with van der Waals surface area (Å²) in [5, 5.41) is 3.42. The molecule has 1 saturated heterocycles. The van der Waals surface area contributed by atoms with Crippen molar-refractivity contribution in [3.8, 4) is 0 Å². The fraction of sp³-hybridized carbons (Fsp3) is 0.733. The van der Waals surface area contributed by atoms with Crippen molar-refractivity contribution in [2.24, 2.45) is 5.92 Å². The Kier molecular flexibility index (Phi) is 4.13. The molecule has 3 atom stereocenters. The lowest BCUT2D eigenvalue weighted by molar-refractivity contribution is 0.113. The van der Waals surface area contributed by atoms with Gasteiger partial charge in [0.2, 0.25) is 0 Å². The topological polar surface area (TPSA) is 28.4 Å². The molecule has 2 rings (SSSR count). The van der Waals surface area contributed by atoms with Crippen molar-refractivity contribution in [1.29, 1.82) is 0 Å². The standard InChI is InChI=1S/C15H26N2O/c1-10-9-17(7-6-15(10)16-5)12(3)14-8-11(2)18-13(14)4/h8,10,12,15-16H,6-7,9H2,1-5H3. The van der Waals surface area contributed by atoms with Crippen molar-refractivity contribution in [2.45, 2.75) is 46.2 Å². The monoisotopic (exact) mass is 250 g/mol. The van der Waals surface area contributed by atoms with Gasteiger partial charge in [-0.25, -0.2) is 0 Å². The third kappa shape index (κ3) is 2.62. The maximum Gasteiger partial charge on any atom is 0.105 e. The van der Waals surface area contributed by atoms with E-state index < -0.39 is 0 Å². The molecular formula is C15H26N2O. The van der Waals surface area contributed by atoms with Gasteiger partial charge in [-0.3, -0.25) is 4.90 Å². The van der Waals surface area contributed by atoms with Gasteiger partial charge in [-0.05, 0) is 46.2 Å². The maximum absolute atomic E-state index is 5.66. The van der Waals surface area contributed by atoms with Crippen LogP contribution in [0.25, 0.3) is 0 Å². The highest BCUT2D eigenvalue weighted by molar-refractivity contribution is 5.23. The molecule has 1 aliphatic rings. The zero-order valence-electron chi connectivity index (χ0n) is 12.3. The van der Waals surface area contributed by atoms with Gasteiger partial charge in [0, 0.05) is 30.7 Å². The molecule has 0 aliphatic carbocycles. The number of nitrogens with zero attached hydrogens (tertiary/aromatic N) is 1. The first kappa shape index (κ1) is 13.6. The molecule has 3 heteroatoms. The van der Waals surface area contributed by atoms with Crippen molar-refractivity contribution in [1.82, 2.24) is 10.2 Å². The van der Waals surface area contributed by atoms with E-state index in [9.17, 15) is 0 Å². The smallest absolute Gasteiger partial charge is 0.105 e. The Morgan fingerprint density at radius 3 is 2.67 bits per heavy atom. The number of piperidine rings is 1. The summed E-state index contributed by atoms with van der Waals surface area (Å²) in [6, 6.07) is 3.32. The van der Waals surface area contributed by atoms with Crippen LogP contribution in [0.1, 0.15) is 43.4 Å². The highest BCUT2D eigenvalue weighted by atomic mass is 16.3. The fourth-order valence-corrected chi connectivity index (χ4v) is 3.22. The molecule has 0 spiro atoms. The van der Waals surface area contributed by atoms with E-state index in [1.54, 1.807) is 0 Å². The first-order valence-electron chi connectivity index (χ1n) is 7.01. The number of rotatable bonds is 3. The molecule has 3 nitrogen and oxygen atoms in total. The Labute approximate surface area is 111 Å². The van der Waals surface area contributed by atoms with Crippen LogP contribution in [-0.4, -0.2) is 31.1 Å². The minimum atomic E-state index is 0.461. The van der Waals surface area contributed by atoms with E-state index in [0.717, 1.165) is 18.1 Å². The molecule has 1 aromatic heterocycles. The Balaban J connectivity index is 2.06. The third-order valence-electron chi connectivity index (χ3n) is 4.38. The summed E-state index contributed by atoms with van der Waals surface area (Å²) in [5.41, 5.74) is 1.35. The van der Waals surface area contributed by atoms with Crippen molar-refractivity contribution >= 4 is 0 Å². The number of hydrogen-bond acceptors (Lipinski definition) is 3. The average molecular weight is 250 g/mol. The molecule has 0 aromatic carbocycles. The molecule has 0 bridgehead atoms. The van der Waals surface area contributed by atoms with Crippen molar-refractivity contribution < 1.29 is 4.42 Å². The number of furan rings is 1. The second kappa shape index (κ2) is 5.45. The Bertz CT molecular complexity index is 399. The Morgan fingerprint density at radius 2 is 2.17 bits per heavy atom. The van der Waals surface area contributed by atoms with Crippen LogP contribution < -0.4 is 5.32 Å². The molecule has 18 heavy (non-hydrogen) atoms. The number of nitrogens with one attached hydrogen (secondary N) is 1. The lowest BCUT2D eigenvalue weighted by atomic mass is 9.92. The van der Waals surface area contributed by atoms with Gasteiger partial charge in [0.1, 0.15) is 11.5 Å². The lowest BCUT2D eigenvalue weighted by Gasteiger charge is -2.40. The molecule has 102 valence electrons. The molecule has 3 unspecified atom stereocenters. The summed E-state index contributed by atoms with van der Waals surface area (Å²) in [6.45, 7) is 11.1. The van der Waals surface area contributed by atoms with Crippen LogP contribution >= 0.6 is 0 Å². The molecule has 2 heterocycles. The normalized spacial score (nSPS) is 27.4. The van der Waals surface area contributed by atoms with E-state index >= 15 is 0 Å². The van der Waals surface area contributed by atoms with Crippen LogP contribution in [0.5, 0.6) is 0 Å². The van der Waals surface area contributed by atoms with E-state index in [2.05, 4.69) is 44.1 Å². The second-order valence-corrected chi connectivity index (χ2v) is 5.70. The van der Waals surface area contributed by atoms with Crippen LogP contribution in [0.4, 0.5) is 0 Å². The van der Waals surface area contributed by atoms with Gasteiger partial charge in [-0.15, -0.1) is 0 Å².